The van der Waals surface area contributed by atoms with Gasteiger partial charge in [-0.15, -0.1) is 0 Å². The largest absolute Gasteiger partial charge is 0.381 e. The first-order valence-corrected chi connectivity index (χ1v) is 8.40. The quantitative estimate of drug-likeness (QED) is 0.636. The fourth-order valence-corrected chi connectivity index (χ4v) is 3.22. The van der Waals surface area contributed by atoms with Gasteiger partial charge in [0.2, 0.25) is 9.05 Å². The molecule has 0 spiro atoms. The van der Waals surface area contributed by atoms with E-state index in [0.717, 1.165) is 18.9 Å². The lowest BCUT2D eigenvalue weighted by Gasteiger charge is -2.15. The topological polar surface area (TPSA) is 43.4 Å². The van der Waals surface area contributed by atoms with E-state index in [4.69, 9.17) is 15.4 Å². The van der Waals surface area contributed by atoms with E-state index in [2.05, 4.69) is 6.92 Å². The summed E-state index contributed by atoms with van der Waals surface area (Å²) in [7, 11) is 1.83. The van der Waals surface area contributed by atoms with Crippen LogP contribution in [0.5, 0.6) is 0 Å². The first-order valence-electron chi connectivity index (χ1n) is 5.92. The van der Waals surface area contributed by atoms with Crippen LogP contribution >= 0.6 is 10.7 Å². The monoisotopic (exact) mass is 268 g/mol. The van der Waals surface area contributed by atoms with Crippen LogP contribution in [0.2, 0.25) is 0 Å². The highest BCUT2D eigenvalue weighted by molar-refractivity contribution is 8.13. The van der Waals surface area contributed by atoms with Gasteiger partial charge in [-0.25, -0.2) is 8.42 Å². The molecule has 0 aromatic heterocycles. The Bertz CT molecular complexity index is 298. The predicted octanol–water partition coefficient (Wildman–Crippen LogP) is 2.64. The predicted molar refractivity (Wildman–Crippen MR) is 66.1 cm³/mol. The third kappa shape index (κ3) is 6.06. The molecule has 1 fully saturated rings. The second kappa shape index (κ2) is 6.22. The van der Waals surface area contributed by atoms with Crippen LogP contribution in [-0.2, 0) is 13.8 Å². The zero-order valence-electron chi connectivity index (χ0n) is 9.99. The van der Waals surface area contributed by atoms with E-state index >= 15 is 0 Å². The highest BCUT2D eigenvalue weighted by Gasteiger charge is 2.28. The molecule has 0 heterocycles. The maximum absolute atomic E-state index is 10.9. The summed E-state index contributed by atoms with van der Waals surface area (Å²) in [6.45, 7) is 5.39. The molecule has 1 rings (SSSR count). The molecule has 0 amide bonds. The summed E-state index contributed by atoms with van der Waals surface area (Å²) < 4.78 is 27.4. The van der Waals surface area contributed by atoms with E-state index in [-0.39, 0.29) is 11.7 Å². The van der Waals surface area contributed by atoms with Crippen molar-refractivity contribution in [2.45, 2.75) is 33.1 Å². The van der Waals surface area contributed by atoms with E-state index in [1.54, 1.807) is 0 Å². The molecule has 5 heteroatoms. The first kappa shape index (κ1) is 14.3. The van der Waals surface area contributed by atoms with Crippen LogP contribution in [-0.4, -0.2) is 27.4 Å². The van der Waals surface area contributed by atoms with Crippen LogP contribution in [0.15, 0.2) is 0 Å². The maximum atomic E-state index is 10.9. The molecule has 96 valence electrons. The Kier molecular flexibility index (Phi) is 5.54. The summed E-state index contributed by atoms with van der Waals surface area (Å²) in [5, 5.41) is 0. The molecular weight excluding hydrogens is 248 g/mol. The van der Waals surface area contributed by atoms with Crippen molar-refractivity contribution in [3.05, 3.63) is 0 Å². The molecule has 0 saturated heterocycles. The van der Waals surface area contributed by atoms with Crippen LogP contribution in [0.3, 0.4) is 0 Å². The van der Waals surface area contributed by atoms with Gasteiger partial charge in [0.05, 0.1) is 12.4 Å². The summed E-state index contributed by atoms with van der Waals surface area (Å²) >= 11 is 0. The Morgan fingerprint density at radius 1 is 1.38 bits per heavy atom. The van der Waals surface area contributed by atoms with Gasteiger partial charge >= 0.3 is 0 Å². The van der Waals surface area contributed by atoms with E-state index in [0.29, 0.717) is 12.5 Å². The number of hydrogen-bond acceptors (Lipinski definition) is 3. The minimum absolute atomic E-state index is 0.0167. The van der Waals surface area contributed by atoms with E-state index in [9.17, 15) is 8.42 Å². The van der Waals surface area contributed by atoms with Crippen molar-refractivity contribution < 1.29 is 13.2 Å². The van der Waals surface area contributed by atoms with Crippen LogP contribution in [0, 0.1) is 17.8 Å². The van der Waals surface area contributed by atoms with Crippen molar-refractivity contribution in [2.24, 2.45) is 17.8 Å². The normalized spacial score (nSPS) is 20.7. The van der Waals surface area contributed by atoms with Crippen molar-refractivity contribution in [3.8, 4) is 0 Å². The molecule has 1 aliphatic rings. The lowest BCUT2D eigenvalue weighted by Crippen LogP contribution is -2.19. The Morgan fingerprint density at radius 3 is 2.44 bits per heavy atom. The summed E-state index contributed by atoms with van der Waals surface area (Å²) in [4.78, 5) is 0. The zero-order valence-corrected chi connectivity index (χ0v) is 11.6. The zero-order chi connectivity index (χ0) is 12.2. The van der Waals surface area contributed by atoms with Gasteiger partial charge in [-0.2, -0.15) is 0 Å². The van der Waals surface area contributed by atoms with E-state index < -0.39 is 9.05 Å². The van der Waals surface area contributed by atoms with Gasteiger partial charge in [0.15, 0.2) is 0 Å². The molecule has 0 aromatic rings. The van der Waals surface area contributed by atoms with Crippen molar-refractivity contribution in [1.82, 2.24) is 0 Å². The second-order valence-electron chi connectivity index (χ2n) is 4.83. The van der Waals surface area contributed by atoms with Crippen molar-refractivity contribution >= 4 is 19.7 Å². The summed E-state index contributed by atoms with van der Waals surface area (Å²) in [5.74, 6) is 1.47. The van der Waals surface area contributed by atoms with Gasteiger partial charge in [-0.3, -0.25) is 0 Å². The smallest absolute Gasteiger partial charge is 0.232 e. The number of ether oxygens (including phenoxy) is 1. The average molecular weight is 269 g/mol. The first-order chi connectivity index (χ1) is 7.42. The third-order valence-electron chi connectivity index (χ3n) is 3.17. The summed E-state index contributed by atoms with van der Waals surface area (Å²) in [6, 6.07) is 0. The maximum Gasteiger partial charge on any atom is 0.232 e. The number of hydrogen-bond donors (Lipinski definition) is 0. The third-order valence-corrected chi connectivity index (χ3v) is 4.42. The molecule has 3 nitrogen and oxygen atoms in total. The fourth-order valence-electron chi connectivity index (χ4n) is 1.79. The standard InChI is InChI=1S/C11H21ClO3S/c1-3-10(8-16(12,13)14)7-15-6-9(2)11-4-5-11/h9-11H,3-8H2,1-2H3. The highest BCUT2D eigenvalue weighted by Crippen LogP contribution is 2.36. The van der Waals surface area contributed by atoms with Crippen molar-refractivity contribution in [2.75, 3.05) is 19.0 Å². The SMILES string of the molecule is CCC(COCC(C)C1CC1)CS(=O)(=O)Cl. The van der Waals surface area contributed by atoms with Crippen LogP contribution in [0.25, 0.3) is 0 Å². The molecule has 16 heavy (non-hydrogen) atoms. The Morgan fingerprint density at radius 2 is 2.00 bits per heavy atom. The van der Waals surface area contributed by atoms with Gasteiger partial charge in [0, 0.05) is 17.3 Å². The fraction of sp³-hybridized carbons (Fsp3) is 1.00. The minimum atomic E-state index is -3.40. The number of rotatable bonds is 8. The molecule has 1 saturated carbocycles. The molecular formula is C11H21ClO3S. The highest BCUT2D eigenvalue weighted by atomic mass is 35.7. The van der Waals surface area contributed by atoms with Gasteiger partial charge in [-0.05, 0) is 30.6 Å². The van der Waals surface area contributed by atoms with Gasteiger partial charge in [-0.1, -0.05) is 20.3 Å². The van der Waals surface area contributed by atoms with Crippen LogP contribution in [0.1, 0.15) is 33.1 Å². The van der Waals surface area contributed by atoms with Gasteiger partial charge < -0.3 is 4.74 Å². The van der Waals surface area contributed by atoms with Gasteiger partial charge in [0.1, 0.15) is 0 Å². The van der Waals surface area contributed by atoms with Crippen molar-refractivity contribution in [3.63, 3.8) is 0 Å². The van der Waals surface area contributed by atoms with Crippen LogP contribution in [0.4, 0.5) is 0 Å². The summed E-state index contributed by atoms with van der Waals surface area (Å²) in [5.41, 5.74) is 0. The molecule has 2 atom stereocenters. The second-order valence-corrected chi connectivity index (χ2v) is 7.65. The summed E-state index contributed by atoms with van der Waals surface area (Å²) in [6.07, 6.45) is 3.42. The molecule has 0 aliphatic heterocycles. The Balaban J connectivity index is 2.17. The molecule has 0 bridgehead atoms. The molecule has 0 radical (unpaired) electrons. The average Bonchev–Trinajstić information content (AvgIpc) is 2.97. The Labute approximate surface area is 103 Å². The molecule has 2 unspecified atom stereocenters. The lowest BCUT2D eigenvalue weighted by atomic mass is 10.1. The Hall–Kier alpha value is 0.200. The van der Waals surface area contributed by atoms with E-state index in [1.807, 2.05) is 6.92 Å². The van der Waals surface area contributed by atoms with Gasteiger partial charge in [0.25, 0.3) is 0 Å². The van der Waals surface area contributed by atoms with Crippen molar-refractivity contribution in [1.29, 1.82) is 0 Å². The lowest BCUT2D eigenvalue weighted by molar-refractivity contribution is 0.0742. The van der Waals surface area contributed by atoms with Crippen LogP contribution < -0.4 is 0 Å². The molecule has 0 aromatic carbocycles. The molecule has 0 N–H and O–H groups in total. The minimum Gasteiger partial charge on any atom is -0.381 e. The van der Waals surface area contributed by atoms with E-state index in [1.165, 1.54) is 12.8 Å². The number of halogens is 1. The molecule has 1 aliphatic carbocycles.